The Morgan fingerprint density at radius 2 is 1.62 bits per heavy atom. The van der Waals surface area contributed by atoms with Gasteiger partial charge in [-0.25, -0.2) is 10.2 Å². The number of nitrogens with one attached hydrogen (secondary N) is 1. The number of rotatable bonds is 8. The molecule has 0 heterocycles. The second-order valence-corrected chi connectivity index (χ2v) is 5.66. The summed E-state index contributed by atoms with van der Waals surface area (Å²) in [4.78, 5) is 22.2. The second kappa shape index (κ2) is 9.22. The molecule has 2 rings (SSSR count). The lowest BCUT2D eigenvalue weighted by atomic mass is 10.1. The van der Waals surface area contributed by atoms with Gasteiger partial charge in [-0.1, -0.05) is 6.07 Å². The fraction of sp³-hybridized carbons (Fsp3) is 0.211. The maximum Gasteiger partial charge on any atom is 0.341 e. The Morgan fingerprint density at radius 1 is 1.00 bits per heavy atom. The van der Waals surface area contributed by atoms with Crippen molar-refractivity contribution in [3.63, 3.8) is 0 Å². The van der Waals surface area contributed by atoms with Gasteiger partial charge in [0, 0.05) is 0 Å². The van der Waals surface area contributed by atoms with Crippen LogP contribution in [-0.2, 0) is 9.59 Å². The Morgan fingerprint density at radius 3 is 2.23 bits per heavy atom. The van der Waals surface area contributed by atoms with Gasteiger partial charge in [0.05, 0.1) is 6.21 Å². The zero-order chi connectivity index (χ0) is 18.9. The number of benzene rings is 2. The quantitative estimate of drug-likeness (QED) is 0.559. The predicted molar refractivity (Wildman–Crippen MR) is 96.7 cm³/mol. The Kier molecular flexibility index (Phi) is 6.73. The number of aryl methyl sites for hydroxylation is 2. The van der Waals surface area contributed by atoms with Crippen LogP contribution in [-0.4, -0.2) is 36.4 Å². The van der Waals surface area contributed by atoms with Gasteiger partial charge in [-0.05, 0) is 66.9 Å². The van der Waals surface area contributed by atoms with Crippen LogP contribution in [0.3, 0.4) is 0 Å². The molecule has 136 valence electrons. The van der Waals surface area contributed by atoms with Crippen LogP contribution < -0.4 is 14.9 Å². The van der Waals surface area contributed by atoms with Gasteiger partial charge in [0.15, 0.2) is 13.2 Å². The lowest BCUT2D eigenvalue weighted by Crippen LogP contribution is -2.24. The summed E-state index contributed by atoms with van der Waals surface area (Å²) >= 11 is 0. The van der Waals surface area contributed by atoms with Gasteiger partial charge < -0.3 is 14.6 Å². The molecule has 0 fully saturated rings. The van der Waals surface area contributed by atoms with Gasteiger partial charge in [0.2, 0.25) is 0 Å². The number of hydrazone groups is 1. The number of carbonyl (C=O) groups is 2. The minimum absolute atomic E-state index is 0.137. The molecule has 2 aromatic rings. The van der Waals surface area contributed by atoms with Gasteiger partial charge in [-0.2, -0.15) is 5.10 Å². The lowest BCUT2D eigenvalue weighted by Gasteiger charge is -2.07. The van der Waals surface area contributed by atoms with Crippen LogP contribution in [0.2, 0.25) is 0 Å². The zero-order valence-electron chi connectivity index (χ0n) is 14.6. The van der Waals surface area contributed by atoms with Crippen molar-refractivity contribution in [3.8, 4) is 11.5 Å². The van der Waals surface area contributed by atoms with Crippen LogP contribution in [0.4, 0.5) is 0 Å². The lowest BCUT2D eigenvalue weighted by molar-refractivity contribution is -0.139. The normalized spacial score (nSPS) is 10.5. The Labute approximate surface area is 151 Å². The molecule has 0 bridgehead atoms. The van der Waals surface area contributed by atoms with Crippen molar-refractivity contribution in [1.29, 1.82) is 0 Å². The van der Waals surface area contributed by atoms with Crippen LogP contribution in [0.5, 0.6) is 11.5 Å². The fourth-order valence-electron chi connectivity index (χ4n) is 2.17. The molecule has 0 saturated carbocycles. The van der Waals surface area contributed by atoms with Crippen molar-refractivity contribution in [2.75, 3.05) is 13.2 Å². The highest BCUT2D eigenvalue weighted by Crippen LogP contribution is 2.16. The average Bonchev–Trinajstić information content (AvgIpc) is 2.58. The first kappa shape index (κ1) is 19.0. The molecule has 0 aromatic heterocycles. The number of hydrogen-bond acceptors (Lipinski definition) is 5. The highest BCUT2D eigenvalue weighted by molar-refractivity contribution is 5.83. The third kappa shape index (κ3) is 6.64. The van der Waals surface area contributed by atoms with E-state index in [1.807, 2.05) is 32.0 Å². The molecular weight excluding hydrogens is 336 g/mol. The second-order valence-electron chi connectivity index (χ2n) is 5.66. The first-order valence-electron chi connectivity index (χ1n) is 7.90. The number of aliphatic carboxylic acids is 1. The molecule has 7 heteroatoms. The molecule has 7 nitrogen and oxygen atoms in total. The number of ether oxygens (including phenoxy) is 2. The highest BCUT2D eigenvalue weighted by Gasteiger charge is 2.03. The number of hydrogen-bond donors (Lipinski definition) is 2. The molecule has 1 amide bonds. The maximum atomic E-state index is 11.8. The van der Waals surface area contributed by atoms with Gasteiger partial charge >= 0.3 is 5.97 Å². The third-order valence-electron chi connectivity index (χ3n) is 3.21. The van der Waals surface area contributed by atoms with Gasteiger partial charge in [0.1, 0.15) is 11.5 Å². The van der Waals surface area contributed by atoms with Crippen molar-refractivity contribution >= 4 is 18.1 Å². The van der Waals surface area contributed by atoms with E-state index in [0.717, 1.165) is 16.7 Å². The minimum Gasteiger partial charge on any atom is -0.484 e. The third-order valence-corrected chi connectivity index (χ3v) is 3.21. The number of carbonyl (C=O) groups excluding carboxylic acids is 1. The van der Waals surface area contributed by atoms with Crippen molar-refractivity contribution in [2.45, 2.75) is 13.8 Å². The van der Waals surface area contributed by atoms with Crippen LogP contribution in [0.1, 0.15) is 16.7 Å². The molecule has 0 atom stereocenters. The van der Waals surface area contributed by atoms with Gasteiger partial charge in [0.25, 0.3) is 5.91 Å². The standard InChI is InChI=1S/C19H20N2O5/c1-13-7-14(2)9-17(8-13)25-11-18(22)21-20-10-15-3-5-16(6-4-15)26-12-19(23)24/h3-10H,11-12H2,1-2H3,(H,21,22)(H,23,24)/b20-10+. The Hall–Kier alpha value is -3.35. The van der Waals surface area contributed by atoms with E-state index < -0.39 is 12.6 Å². The van der Waals surface area contributed by atoms with E-state index >= 15 is 0 Å². The van der Waals surface area contributed by atoms with Crippen molar-refractivity contribution in [3.05, 3.63) is 59.2 Å². The van der Waals surface area contributed by atoms with Crippen molar-refractivity contribution in [2.24, 2.45) is 5.10 Å². The van der Waals surface area contributed by atoms with Crippen molar-refractivity contribution < 1.29 is 24.2 Å². The maximum absolute atomic E-state index is 11.8. The summed E-state index contributed by atoms with van der Waals surface area (Å²) in [5.41, 5.74) is 5.24. The van der Waals surface area contributed by atoms with Crippen LogP contribution in [0, 0.1) is 13.8 Å². The summed E-state index contributed by atoms with van der Waals surface area (Å²) in [5, 5.41) is 12.4. The number of carboxylic acid groups (broad SMARTS) is 1. The van der Waals surface area contributed by atoms with E-state index in [4.69, 9.17) is 14.6 Å². The van der Waals surface area contributed by atoms with Crippen LogP contribution in [0.25, 0.3) is 0 Å². The van der Waals surface area contributed by atoms with Crippen LogP contribution in [0.15, 0.2) is 47.6 Å². The number of amides is 1. The Balaban J connectivity index is 1.78. The number of carboxylic acids is 1. The van der Waals surface area contributed by atoms with E-state index in [2.05, 4.69) is 10.5 Å². The molecular formula is C19H20N2O5. The summed E-state index contributed by atoms with van der Waals surface area (Å²) in [5.74, 6) is -0.336. The van der Waals surface area contributed by atoms with Gasteiger partial charge in [-0.15, -0.1) is 0 Å². The molecule has 2 N–H and O–H groups in total. The van der Waals surface area contributed by atoms with E-state index in [1.54, 1.807) is 24.3 Å². The van der Waals surface area contributed by atoms with Crippen molar-refractivity contribution in [1.82, 2.24) is 5.43 Å². The molecule has 0 aliphatic carbocycles. The molecule has 0 aliphatic heterocycles. The minimum atomic E-state index is -1.04. The molecule has 0 radical (unpaired) electrons. The average molecular weight is 356 g/mol. The van der Waals surface area contributed by atoms with Crippen LogP contribution >= 0.6 is 0 Å². The first-order valence-corrected chi connectivity index (χ1v) is 7.90. The smallest absolute Gasteiger partial charge is 0.341 e. The summed E-state index contributed by atoms with van der Waals surface area (Å²) in [6, 6.07) is 12.4. The SMILES string of the molecule is Cc1cc(C)cc(OCC(=O)N/N=C/c2ccc(OCC(=O)O)cc2)c1. The molecule has 0 spiro atoms. The highest BCUT2D eigenvalue weighted by atomic mass is 16.5. The van der Waals surface area contributed by atoms with E-state index in [0.29, 0.717) is 11.5 Å². The molecule has 26 heavy (non-hydrogen) atoms. The zero-order valence-corrected chi connectivity index (χ0v) is 14.6. The fourth-order valence-corrected chi connectivity index (χ4v) is 2.17. The molecule has 0 saturated heterocycles. The molecule has 0 aliphatic rings. The van der Waals surface area contributed by atoms with E-state index in [9.17, 15) is 9.59 Å². The Bertz CT molecular complexity index is 780. The predicted octanol–water partition coefficient (Wildman–Crippen LogP) is 2.30. The summed E-state index contributed by atoms with van der Waals surface area (Å²) in [6.07, 6.45) is 1.47. The number of nitrogens with zero attached hydrogens (tertiary/aromatic N) is 1. The topological polar surface area (TPSA) is 97.2 Å². The van der Waals surface area contributed by atoms with E-state index in [1.165, 1.54) is 6.21 Å². The van der Waals surface area contributed by atoms with E-state index in [-0.39, 0.29) is 12.5 Å². The summed E-state index contributed by atoms with van der Waals surface area (Å²) < 4.78 is 10.5. The van der Waals surface area contributed by atoms with Gasteiger partial charge in [-0.3, -0.25) is 4.79 Å². The first-order chi connectivity index (χ1) is 12.4. The molecule has 2 aromatic carbocycles. The monoisotopic (exact) mass is 356 g/mol. The molecule has 0 unspecified atom stereocenters. The summed E-state index contributed by atoms with van der Waals surface area (Å²) in [7, 11) is 0. The largest absolute Gasteiger partial charge is 0.484 e. The summed E-state index contributed by atoms with van der Waals surface area (Å²) in [6.45, 7) is 3.39.